The lowest BCUT2D eigenvalue weighted by Crippen LogP contribution is -2.15. The number of azo groups is 2. The van der Waals surface area contributed by atoms with Gasteiger partial charge in [0.05, 0.1) is 35.7 Å². The van der Waals surface area contributed by atoms with Crippen molar-refractivity contribution in [2.24, 2.45) is 20.5 Å². The summed E-state index contributed by atoms with van der Waals surface area (Å²) in [5.74, 6) is -0.266. The minimum absolute atomic E-state index is 0.102. The minimum atomic E-state index is -4.74. The predicted molar refractivity (Wildman–Crippen MR) is 152 cm³/mol. The monoisotopic (exact) mass is 599 g/mol. The first-order chi connectivity index (χ1) is 19.4. The number of fused-ring (bicyclic) bond motifs is 1. The minimum Gasteiger partial charge on any atom is -0.505 e. The van der Waals surface area contributed by atoms with E-state index in [1.54, 1.807) is 36.4 Å². The SMILES string of the molecule is COc1ccc(C)cc1N=Nc1ccc2c(N=Nc3ccc(S(=O)(=O)CCOS(=O)(=O)O)cc3)c(N)ccc2c1O. The number of phenolic OH excluding ortho intramolecular Hbond substituents is 1. The zero-order valence-electron chi connectivity index (χ0n) is 21.8. The van der Waals surface area contributed by atoms with Crippen molar-refractivity contribution in [2.75, 3.05) is 25.2 Å². The van der Waals surface area contributed by atoms with Gasteiger partial charge < -0.3 is 15.6 Å². The third-order valence-corrected chi connectivity index (χ3v) is 7.96. The standard InChI is InChI=1S/C26H25N5O8S2/c1-16-3-12-24(38-2)23(15-16)30-29-22-11-9-19-20(26(22)32)8-10-21(27)25(19)31-28-17-4-6-18(7-5-17)40(33,34)14-13-39-41(35,36)37/h3-12,15,32H,13-14,27H2,1-2H3,(H,35,36,37). The van der Waals surface area contributed by atoms with Crippen LogP contribution in [-0.2, 0) is 24.4 Å². The number of nitrogens with two attached hydrogens (primary N) is 1. The number of anilines is 1. The highest BCUT2D eigenvalue weighted by Gasteiger charge is 2.17. The van der Waals surface area contributed by atoms with Crippen molar-refractivity contribution in [3.63, 3.8) is 0 Å². The summed E-state index contributed by atoms with van der Waals surface area (Å²) in [5.41, 5.74) is 8.69. The van der Waals surface area contributed by atoms with Gasteiger partial charge in [0.25, 0.3) is 0 Å². The van der Waals surface area contributed by atoms with Gasteiger partial charge in [0.1, 0.15) is 22.8 Å². The normalized spacial score (nSPS) is 12.5. The Bertz CT molecular complexity index is 1870. The molecule has 0 unspecified atom stereocenters. The van der Waals surface area contributed by atoms with Gasteiger partial charge in [-0.25, -0.2) is 12.6 Å². The molecule has 0 aliphatic carbocycles. The molecular weight excluding hydrogens is 574 g/mol. The van der Waals surface area contributed by atoms with E-state index in [4.69, 9.17) is 15.0 Å². The lowest BCUT2D eigenvalue weighted by molar-refractivity contribution is 0.284. The van der Waals surface area contributed by atoms with Gasteiger partial charge in [-0.3, -0.25) is 4.55 Å². The third-order valence-electron chi connectivity index (χ3n) is 5.80. The third kappa shape index (κ3) is 7.20. The van der Waals surface area contributed by atoms with Crippen LogP contribution in [0.3, 0.4) is 0 Å². The smallest absolute Gasteiger partial charge is 0.397 e. The molecule has 0 radical (unpaired) electrons. The lowest BCUT2D eigenvalue weighted by Gasteiger charge is -2.09. The van der Waals surface area contributed by atoms with Crippen LogP contribution in [0.2, 0.25) is 0 Å². The van der Waals surface area contributed by atoms with Gasteiger partial charge in [-0.15, -0.1) is 15.3 Å². The largest absolute Gasteiger partial charge is 0.505 e. The highest BCUT2D eigenvalue weighted by Crippen LogP contribution is 2.42. The predicted octanol–water partition coefficient (Wildman–Crippen LogP) is 5.87. The summed E-state index contributed by atoms with van der Waals surface area (Å²) in [6.07, 6.45) is 0. The van der Waals surface area contributed by atoms with E-state index < -0.39 is 32.6 Å². The summed E-state index contributed by atoms with van der Waals surface area (Å²) >= 11 is 0. The number of nitrogens with zero attached hydrogens (tertiary/aromatic N) is 4. The van der Waals surface area contributed by atoms with Gasteiger partial charge in [0.15, 0.2) is 15.6 Å². The lowest BCUT2D eigenvalue weighted by atomic mass is 10.1. The van der Waals surface area contributed by atoms with Gasteiger partial charge in [-0.1, -0.05) is 6.07 Å². The van der Waals surface area contributed by atoms with Crippen LogP contribution in [0.25, 0.3) is 10.8 Å². The Morgan fingerprint density at radius 3 is 2.20 bits per heavy atom. The molecule has 0 spiro atoms. The zero-order valence-corrected chi connectivity index (χ0v) is 23.4. The van der Waals surface area contributed by atoms with Crippen LogP contribution in [-0.4, -0.2) is 46.0 Å². The first-order valence-corrected chi connectivity index (χ1v) is 14.9. The number of phenols is 1. The molecule has 0 heterocycles. The summed E-state index contributed by atoms with van der Waals surface area (Å²) in [4.78, 5) is -0.102. The summed E-state index contributed by atoms with van der Waals surface area (Å²) in [6, 6.07) is 17.2. The maximum Gasteiger partial charge on any atom is 0.397 e. The molecule has 15 heteroatoms. The van der Waals surface area contributed by atoms with E-state index >= 15 is 0 Å². The van der Waals surface area contributed by atoms with Crippen LogP contribution in [0.15, 0.2) is 92.1 Å². The van der Waals surface area contributed by atoms with Gasteiger partial charge in [0, 0.05) is 10.8 Å². The molecule has 0 saturated carbocycles. The van der Waals surface area contributed by atoms with Gasteiger partial charge >= 0.3 is 10.4 Å². The Hall–Kier alpha value is -4.44. The molecule has 13 nitrogen and oxygen atoms in total. The molecule has 0 aromatic heterocycles. The van der Waals surface area contributed by atoms with Gasteiger partial charge in [-0.05, 0) is 73.2 Å². The number of ether oxygens (including phenoxy) is 1. The van der Waals surface area contributed by atoms with Crippen molar-refractivity contribution in [3.05, 3.63) is 72.3 Å². The van der Waals surface area contributed by atoms with Crippen LogP contribution in [0.1, 0.15) is 5.56 Å². The second-order valence-corrected chi connectivity index (χ2v) is 11.9. The number of aromatic hydroxyl groups is 1. The van der Waals surface area contributed by atoms with Gasteiger partial charge in [0.2, 0.25) is 0 Å². The molecule has 0 fully saturated rings. The highest BCUT2D eigenvalue weighted by molar-refractivity contribution is 7.91. The zero-order chi connectivity index (χ0) is 29.8. The molecule has 4 rings (SSSR count). The quantitative estimate of drug-likeness (QED) is 0.113. The average molecular weight is 600 g/mol. The van der Waals surface area contributed by atoms with Crippen molar-refractivity contribution >= 4 is 59.4 Å². The maximum absolute atomic E-state index is 12.4. The van der Waals surface area contributed by atoms with Crippen molar-refractivity contribution in [2.45, 2.75) is 11.8 Å². The Kier molecular flexibility index (Phi) is 8.63. The molecule has 0 aliphatic rings. The van der Waals surface area contributed by atoms with Crippen LogP contribution in [0.4, 0.5) is 28.4 Å². The van der Waals surface area contributed by atoms with Crippen LogP contribution in [0.5, 0.6) is 11.5 Å². The molecule has 0 aliphatic heterocycles. The van der Waals surface area contributed by atoms with Crippen molar-refractivity contribution in [1.82, 2.24) is 0 Å². The van der Waals surface area contributed by atoms with E-state index in [2.05, 4.69) is 24.6 Å². The summed E-state index contributed by atoms with van der Waals surface area (Å²) in [7, 11) is -7.10. The van der Waals surface area contributed by atoms with Crippen molar-refractivity contribution in [1.29, 1.82) is 0 Å². The number of rotatable bonds is 10. The van der Waals surface area contributed by atoms with Crippen molar-refractivity contribution < 1.29 is 35.4 Å². The Morgan fingerprint density at radius 1 is 0.829 bits per heavy atom. The fourth-order valence-corrected chi connectivity index (χ4v) is 5.24. The molecule has 4 aromatic rings. The number of hydrogen-bond acceptors (Lipinski definition) is 12. The van der Waals surface area contributed by atoms with Gasteiger partial charge in [-0.2, -0.15) is 13.5 Å². The van der Waals surface area contributed by atoms with E-state index in [0.717, 1.165) is 5.56 Å². The van der Waals surface area contributed by atoms with E-state index in [1.807, 2.05) is 13.0 Å². The summed E-state index contributed by atoms with van der Waals surface area (Å²) in [6.45, 7) is 1.17. The topological polar surface area (TPSA) is 203 Å². The number of sulfone groups is 1. The molecular formula is C26H25N5O8S2. The number of benzene rings is 4. The van der Waals surface area contributed by atoms with Crippen LogP contribution >= 0.6 is 0 Å². The van der Waals surface area contributed by atoms with E-state index in [9.17, 15) is 21.9 Å². The van der Waals surface area contributed by atoms with Crippen LogP contribution < -0.4 is 10.5 Å². The number of methoxy groups -OCH3 is 1. The Labute approximate surface area is 235 Å². The molecule has 4 N–H and O–H groups in total. The molecule has 0 atom stereocenters. The Balaban J connectivity index is 1.58. The summed E-state index contributed by atoms with van der Waals surface area (Å²) < 4.78 is 63.9. The molecule has 214 valence electrons. The molecule has 0 saturated heterocycles. The fourth-order valence-electron chi connectivity index (χ4n) is 3.75. The number of aryl methyl sites for hydroxylation is 1. The van der Waals surface area contributed by atoms with E-state index in [0.29, 0.717) is 27.9 Å². The Morgan fingerprint density at radius 2 is 1.51 bits per heavy atom. The second kappa shape index (κ2) is 12.0. The highest BCUT2D eigenvalue weighted by atomic mass is 32.3. The first kappa shape index (κ1) is 29.5. The molecule has 4 aromatic carbocycles. The van der Waals surface area contributed by atoms with E-state index in [1.165, 1.54) is 31.4 Å². The van der Waals surface area contributed by atoms with E-state index in [-0.39, 0.29) is 27.7 Å². The first-order valence-electron chi connectivity index (χ1n) is 11.8. The number of hydrogen-bond donors (Lipinski definition) is 3. The summed E-state index contributed by atoms with van der Waals surface area (Å²) in [5, 5.41) is 28.6. The fraction of sp³-hybridized carbons (Fsp3) is 0.154. The second-order valence-electron chi connectivity index (χ2n) is 8.67. The van der Waals surface area contributed by atoms with Crippen LogP contribution in [0, 0.1) is 6.92 Å². The molecule has 41 heavy (non-hydrogen) atoms. The number of nitrogen functional groups attached to an aromatic ring is 1. The molecule has 0 bridgehead atoms. The van der Waals surface area contributed by atoms with Crippen molar-refractivity contribution in [3.8, 4) is 11.5 Å². The average Bonchev–Trinajstić information content (AvgIpc) is 2.91. The maximum atomic E-state index is 12.4. The molecule has 0 amide bonds.